The molecule has 0 aromatic carbocycles. The number of rotatable bonds is 8. The molecule has 0 radical (unpaired) electrons. The van der Waals surface area contributed by atoms with Crippen molar-refractivity contribution in [2.24, 2.45) is 16.6 Å². The number of aliphatic carboxylic acids is 1. The zero-order chi connectivity index (χ0) is 18.4. The van der Waals surface area contributed by atoms with E-state index in [-0.39, 0.29) is 5.41 Å². The third kappa shape index (κ3) is 8.80. The maximum Gasteiger partial charge on any atom is 0.322 e. The minimum atomic E-state index is -1.45. The van der Waals surface area contributed by atoms with Crippen LogP contribution in [0, 0.1) is 10.8 Å². The molecule has 0 aliphatic rings. The maximum atomic E-state index is 12.3. The number of esters is 1. The smallest absolute Gasteiger partial charge is 0.322 e. The van der Waals surface area contributed by atoms with Crippen molar-refractivity contribution in [1.82, 2.24) is 5.32 Å². The van der Waals surface area contributed by atoms with Crippen LogP contribution < -0.4 is 11.1 Å². The molecule has 4 N–H and O–H groups in total. The van der Waals surface area contributed by atoms with Gasteiger partial charge < -0.3 is 20.9 Å². The molecular weight excluding hydrogens is 304 g/mol. The lowest BCUT2D eigenvalue weighted by molar-refractivity contribution is -0.166. The second-order valence-electron chi connectivity index (χ2n) is 7.30. The van der Waals surface area contributed by atoms with Crippen LogP contribution in [0.25, 0.3) is 0 Å². The highest BCUT2D eigenvalue weighted by molar-refractivity contribution is 5.91. The summed E-state index contributed by atoms with van der Waals surface area (Å²) in [6.45, 7) is 8.60. The Morgan fingerprint density at radius 3 is 2.04 bits per heavy atom. The Balaban J connectivity index is 5.01. The number of carbonyl (C=O) groups excluding carboxylic acids is 3. The highest BCUT2D eigenvalue weighted by atomic mass is 16.5. The van der Waals surface area contributed by atoms with Gasteiger partial charge in [0.05, 0.1) is 11.8 Å². The summed E-state index contributed by atoms with van der Waals surface area (Å²) >= 11 is 0. The van der Waals surface area contributed by atoms with E-state index in [1.807, 2.05) is 20.8 Å². The third-order valence-electron chi connectivity index (χ3n) is 2.87. The van der Waals surface area contributed by atoms with Crippen LogP contribution in [0.3, 0.4) is 0 Å². The van der Waals surface area contributed by atoms with Crippen molar-refractivity contribution in [3.63, 3.8) is 0 Å². The minimum absolute atomic E-state index is 0.146. The van der Waals surface area contributed by atoms with Crippen LogP contribution in [0.1, 0.15) is 47.5 Å². The fourth-order valence-corrected chi connectivity index (χ4v) is 2.33. The van der Waals surface area contributed by atoms with Gasteiger partial charge >= 0.3 is 11.9 Å². The lowest BCUT2D eigenvalue weighted by Gasteiger charge is -2.31. The summed E-state index contributed by atoms with van der Waals surface area (Å²) in [5.41, 5.74) is 4.03. The van der Waals surface area contributed by atoms with E-state index < -0.39 is 48.2 Å². The molecule has 0 saturated heterocycles. The van der Waals surface area contributed by atoms with Crippen molar-refractivity contribution in [3.8, 4) is 0 Å². The Morgan fingerprint density at radius 2 is 1.65 bits per heavy atom. The fourth-order valence-electron chi connectivity index (χ4n) is 2.33. The monoisotopic (exact) mass is 330 g/mol. The summed E-state index contributed by atoms with van der Waals surface area (Å²) in [5, 5.41) is 10.6. The first-order valence-corrected chi connectivity index (χ1v) is 7.23. The maximum absolute atomic E-state index is 12.3. The van der Waals surface area contributed by atoms with Crippen LogP contribution in [0.2, 0.25) is 0 Å². The van der Waals surface area contributed by atoms with Crippen molar-refractivity contribution in [2.75, 3.05) is 6.54 Å². The Kier molecular flexibility index (Phi) is 7.21. The van der Waals surface area contributed by atoms with Crippen LogP contribution in [0.5, 0.6) is 0 Å². The molecule has 1 atom stereocenters. The van der Waals surface area contributed by atoms with Gasteiger partial charge in [-0.05, 0) is 25.7 Å². The standard InChI is InChI=1S/C15H26N2O6/c1-14(2,3)8-15(4,5)13(22)23-9(6-10(16)18)12(21)17-7-11(19)20/h9H,6-8H2,1-5H3,(H2,16,18)(H,17,21)(H,19,20). The minimum Gasteiger partial charge on any atom is -0.480 e. The summed E-state index contributed by atoms with van der Waals surface area (Å²) in [6.07, 6.45) is -1.46. The Hall–Kier alpha value is -2.12. The number of carbonyl (C=O) groups is 4. The van der Waals surface area contributed by atoms with Gasteiger partial charge in [-0.25, -0.2) is 0 Å². The van der Waals surface area contributed by atoms with Gasteiger partial charge in [0, 0.05) is 0 Å². The van der Waals surface area contributed by atoms with Gasteiger partial charge in [-0.3, -0.25) is 19.2 Å². The van der Waals surface area contributed by atoms with E-state index >= 15 is 0 Å². The van der Waals surface area contributed by atoms with Crippen molar-refractivity contribution < 1.29 is 29.0 Å². The highest BCUT2D eigenvalue weighted by Crippen LogP contribution is 2.34. The van der Waals surface area contributed by atoms with E-state index in [1.165, 1.54) is 0 Å². The molecule has 1 unspecified atom stereocenters. The Morgan fingerprint density at radius 1 is 1.13 bits per heavy atom. The van der Waals surface area contributed by atoms with Crippen LogP contribution in [0.4, 0.5) is 0 Å². The van der Waals surface area contributed by atoms with E-state index in [2.05, 4.69) is 5.32 Å². The van der Waals surface area contributed by atoms with Crippen molar-refractivity contribution in [3.05, 3.63) is 0 Å². The zero-order valence-electron chi connectivity index (χ0n) is 14.3. The second kappa shape index (κ2) is 7.94. The second-order valence-corrected chi connectivity index (χ2v) is 7.30. The molecule has 0 aromatic heterocycles. The molecule has 8 nitrogen and oxygen atoms in total. The van der Waals surface area contributed by atoms with Gasteiger partial charge in [0.25, 0.3) is 5.91 Å². The first kappa shape index (κ1) is 20.9. The van der Waals surface area contributed by atoms with Gasteiger partial charge in [0.2, 0.25) is 5.91 Å². The topological polar surface area (TPSA) is 136 Å². The van der Waals surface area contributed by atoms with Crippen LogP contribution in [-0.2, 0) is 23.9 Å². The predicted molar refractivity (Wildman–Crippen MR) is 82.2 cm³/mol. The number of nitrogens with one attached hydrogen (secondary N) is 1. The van der Waals surface area contributed by atoms with Gasteiger partial charge in [-0.15, -0.1) is 0 Å². The molecule has 0 heterocycles. The lowest BCUT2D eigenvalue weighted by atomic mass is 9.76. The van der Waals surface area contributed by atoms with Gasteiger partial charge in [-0.1, -0.05) is 20.8 Å². The predicted octanol–water partition coefficient (Wildman–Crippen LogP) is 0.437. The number of carboxylic acid groups (broad SMARTS) is 1. The van der Waals surface area contributed by atoms with E-state index in [4.69, 9.17) is 15.6 Å². The molecule has 0 aliphatic carbocycles. The van der Waals surface area contributed by atoms with Crippen LogP contribution >= 0.6 is 0 Å². The average Bonchev–Trinajstić information content (AvgIpc) is 2.31. The summed E-state index contributed by atoms with van der Waals surface area (Å²) in [6, 6.07) is 0. The van der Waals surface area contributed by atoms with E-state index in [0.717, 1.165) is 0 Å². The average molecular weight is 330 g/mol. The zero-order valence-corrected chi connectivity index (χ0v) is 14.3. The van der Waals surface area contributed by atoms with Crippen LogP contribution in [-0.4, -0.2) is 41.5 Å². The Bertz CT molecular complexity index is 479. The SMILES string of the molecule is CC(C)(C)CC(C)(C)C(=O)OC(CC(N)=O)C(=O)NCC(=O)O. The molecule has 8 heteroatoms. The van der Waals surface area contributed by atoms with Gasteiger partial charge in [-0.2, -0.15) is 0 Å². The molecule has 0 fully saturated rings. The molecule has 0 aromatic rings. The van der Waals surface area contributed by atoms with E-state index in [1.54, 1.807) is 13.8 Å². The van der Waals surface area contributed by atoms with Crippen molar-refractivity contribution >= 4 is 23.8 Å². The lowest BCUT2D eigenvalue weighted by Crippen LogP contribution is -2.44. The van der Waals surface area contributed by atoms with Crippen LogP contribution in [0.15, 0.2) is 0 Å². The number of primary amides is 1. The van der Waals surface area contributed by atoms with E-state index in [0.29, 0.717) is 6.42 Å². The third-order valence-corrected chi connectivity index (χ3v) is 2.87. The number of carboxylic acids is 1. The van der Waals surface area contributed by atoms with Crippen molar-refractivity contribution in [1.29, 1.82) is 0 Å². The molecule has 132 valence electrons. The summed E-state index contributed by atoms with van der Waals surface area (Å²) < 4.78 is 5.12. The highest BCUT2D eigenvalue weighted by Gasteiger charge is 2.37. The first-order chi connectivity index (χ1) is 10.2. The molecule has 0 rings (SSSR count). The molecule has 23 heavy (non-hydrogen) atoms. The number of hydrogen-bond acceptors (Lipinski definition) is 5. The molecular formula is C15H26N2O6. The molecule has 0 saturated carbocycles. The first-order valence-electron chi connectivity index (χ1n) is 7.23. The van der Waals surface area contributed by atoms with Gasteiger partial charge in [0.1, 0.15) is 6.54 Å². The molecule has 0 bridgehead atoms. The fraction of sp³-hybridized carbons (Fsp3) is 0.733. The number of ether oxygens (including phenoxy) is 1. The molecule has 0 spiro atoms. The molecule has 0 aliphatic heterocycles. The number of amides is 2. The Labute approximate surface area is 135 Å². The number of nitrogens with two attached hydrogens (primary N) is 1. The van der Waals surface area contributed by atoms with Gasteiger partial charge in [0.15, 0.2) is 6.10 Å². The summed E-state index contributed by atoms with van der Waals surface area (Å²) in [4.78, 5) is 45.7. The quantitative estimate of drug-likeness (QED) is 0.552. The van der Waals surface area contributed by atoms with Crippen molar-refractivity contribution in [2.45, 2.75) is 53.6 Å². The molecule has 2 amide bonds. The normalized spacial score (nSPS) is 13.1. The summed E-state index contributed by atoms with van der Waals surface area (Å²) in [5.74, 6) is -3.60. The van der Waals surface area contributed by atoms with E-state index in [9.17, 15) is 19.2 Å². The largest absolute Gasteiger partial charge is 0.480 e. The number of hydrogen-bond donors (Lipinski definition) is 3. The summed E-state index contributed by atoms with van der Waals surface area (Å²) in [7, 11) is 0.